The van der Waals surface area contributed by atoms with Crippen LogP contribution in [0.1, 0.15) is 36.0 Å². The molecule has 0 unspecified atom stereocenters. The van der Waals surface area contributed by atoms with Crippen LogP contribution in [0.25, 0.3) is 0 Å². The smallest absolute Gasteiger partial charge is 0.348 e. The van der Waals surface area contributed by atoms with Gasteiger partial charge < -0.3 is 9.84 Å². The molecule has 8 heteroatoms. The first-order chi connectivity index (χ1) is 13.6. The molecule has 152 valence electrons. The number of para-hydroxylation sites is 1. The van der Waals surface area contributed by atoms with E-state index in [1.165, 1.54) is 17.5 Å². The molecular formula is C21H21NO5S2. The van der Waals surface area contributed by atoms with Crippen LogP contribution in [0.5, 0.6) is 11.5 Å². The number of carboxylic acids is 1. The lowest BCUT2D eigenvalue weighted by Gasteiger charge is -2.21. The lowest BCUT2D eigenvalue weighted by Crippen LogP contribution is -2.17. The maximum absolute atomic E-state index is 13.1. The van der Waals surface area contributed by atoms with Crippen LogP contribution in [-0.4, -0.2) is 19.5 Å². The predicted octanol–water partition coefficient (Wildman–Crippen LogP) is 5.34. The Labute approximate surface area is 173 Å². The number of aromatic carboxylic acids is 1. The summed E-state index contributed by atoms with van der Waals surface area (Å²) in [6.45, 7) is 6.06. The third-order valence-corrected chi connectivity index (χ3v) is 6.48. The van der Waals surface area contributed by atoms with Crippen molar-refractivity contribution in [2.75, 3.05) is 4.72 Å². The molecule has 1 heterocycles. The zero-order valence-electron chi connectivity index (χ0n) is 16.2. The lowest BCUT2D eigenvalue weighted by molar-refractivity contribution is 0.0703. The second-order valence-electron chi connectivity index (χ2n) is 7.40. The Morgan fingerprint density at radius 1 is 1.07 bits per heavy atom. The summed E-state index contributed by atoms with van der Waals surface area (Å²) < 4.78 is 34.4. The maximum Gasteiger partial charge on any atom is 0.348 e. The van der Waals surface area contributed by atoms with Crippen LogP contribution in [0.15, 0.2) is 64.9 Å². The molecule has 0 radical (unpaired) electrons. The van der Waals surface area contributed by atoms with E-state index in [1.54, 1.807) is 36.4 Å². The minimum atomic E-state index is -4.08. The zero-order valence-corrected chi connectivity index (χ0v) is 17.8. The number of carboxylic acid groups (broad SMARTS) is 1. The summed E-state index contributed by atoms with van der Waals surface area (Å²) in [7, 11) is -4.08. The molecule has 0 bridgehead atoms. The molecule has 0 saturated carbocycles. The highest BCUT2D eigenvalue weighted by Gasteiger charge is 2.25. The molecule has 0 aliphatic rings. The average molecular weight is 432 g/mol. The van der Waals surface area contributed by atoms with E-state index in [4.69, 9.17) is 4.74 Å². The van der Waals surface area contributed by atoms with Crippen molar-refractivity contribution in [2.45, 2.75) is 31.1 Å². The first kappa shape index (κ1) is 20.9. The molecule has 0 spiro atoms. The third-order valence-electron chi connectivity index (χ3n) is 4.17. The number of anilines is 1. The highest BCUT2D eigenvalue weighted by molar-refractivity contribution is 7.92. The van der Waals surface area contributed by atoms with Crippen molar-refractivity contribution in [2.24, 2.45) is 0 Å². The average Bonchev–Trinajstić information content (AvgIpc) is 3.09. The van der Waals surface area contributed by atoms with Crippen molar-refractivity contribution < 1.29 is 23.1 Å². The van der Waals surface area contributed by atoms with E-state index in [1.807, 2.05) is 26.8 Å². The highest BCUT2D eigenvalue weighted by Crippen LogP contribution is 2.35. The first-order valence-corrected chi connectivity index (χ1v) is 11.2. The van der Waals surface area contributed by atoms with Crippen molar-refractivity contribution >= 4 is 33.0 Å². The van der Waals surface area contributed by atoms with Gasteiger partial charge in [-0.25, -0.2) is 13.2 Å². The monoisotopic (exact) mass is 431 g/mol. The predicted molar refractivity (Wildman–Crippen MR) is 114 cm³/mol. The molecule has 0 aliphatic heterocycles. The number of carbonyl (C=O) groups is 1. The number of hydrogen-bond acceptors (Lipinski definition) is 5. The topological polar surface area (TPSA) is 92.7 Å². The fourth-order valence-corrected chi connectivity index (χ4v) is 4.58. The Balaban J connectivity index is 2.06. The van der Waals surface area contributed by atoms with Crippen LogP contribution in [0.4, 0.5) is 5.69 Å². The Hall–Kier alpha value is -2.84. The number of thiophene rings is 1. The van der Waals surface area contributed by atoms with Crippen LogP contribution < -0.4 is 9.46 Å². The molecule has 0 aliphatic carbocycles. The summed E-state index contributed by atoms with van der Waals surface area (Å²) in [5, 5.41) is 10.8. The van der Waals surface area contributed by atoms with Gasteiger partial charge in [0.2, 0.25) is 0 Å². The fraction of sp³-hybridized carbons (Fsp3) is 0.190. The second-order valence-corrected chi connectivity index (χ2v) is 9.97. The summed E-state index contributed by atoms with van der Waals surface area (Å²) in [4.78, 5) is 11.2. The number of nitrogens with one attached hydrogen (secondary N) is 1. The molecule has 3 aromatic rings. The molecule has 29 heavy (non-hydrogen) atoms. The molecule has 0 fully saturated rings. The van der Waals surface area contributed by atoms with Gasteiger partial charge >= 0.3 is 5.97 Å². The molecule has 6 nitrogen and oxygen atoms in total. The van der Waals surface area contributed by atoms with Crippen LogP contribution in [0, 0.1) is 0 Å². The summed E-state index contributed by atoms with van der Waals surface area (Å²) in [6.07, 6.45) is 0. The number of rotatable bonds is 6. The van der Waals surface area contributed by atoms with E-state index < -0.39 is 16.0 Å². The quantitative estimate of drug-likeness (QED) is 0.550. The Morgan fingerprint density at radius 2 is 1.76 bits per heavy atom. The number of benzene rings is 2. The van der Waals surface area contributed by atoms with Crippen molar-refractivity contribution in [3.05, 3.63) is 70.4 Å². The normalized spacial score (nSPS) is 11.8. The molecule has 2 N–H and O–H groups in total. The van der Waals surface area contributed by atoms with Gasteiger partial charge in [-0.05, 0) is 46.7 Å². The summed E-state index contributed by atoms with van der Waals surface area (Å²) in [5.41, 5.74) is 0.714. The maximum atomic E-state index is 13.1. The first-order valence-electron chi connectivity index (χ1n) is 8.79. The summed E-state index contributed by atoms with van der Waals surface area (Å²) >= 11 is 0.948. The minimum absolute atomic E-state index is 0.0214. The third kappa shape index (κ3) is 4.78. The van der Waals surface area contributed by atoms with Crippen LogP contribution in [-0.2, 0) is 15.4 Å². The van der Waals surface area contributed by atoms with E-state index in [0.29, 0.717) is 5.75 Å². The zero-order chi connectivity index (χ0) is 21.2. The fourth-order valence-electron chi connectivity index (χ4n) is 2.65. The van der Waals surface area contributed by atoms with Gasteiger partial charge in [0.15, 0.2) is 0 Å². The minimum Gasteiger partial charge on any atom is -0.477 e. The lowest BCUT2D eigenvalue weighted by atomic mass is 9.87. The Kier molecular flexibility index (Phi) is 5.68. The van der Waals surface area contributed by atoms with E-state index in [-0.39, 0.29) is 26.6 Å². The van der Waals surface area contributed by atoms with Gasteiger partial charge in [-0.2, -0.15) is 0 Å². The van der Waals surface area contributed by atoms with Crippen molar-refractivity contribution in [1.82, 2.24) is 0 Å². The molecule has 2 aromatic carbocycles. The molecule has 0 atom stereocenters. The number of ether oxygens (including phenoxy) is 1. The van der Waals surface area contributed by atoms with Crippen LogP contribution in [0.3, 0.4) is 0 Å². The molecule has 1 aromatic heterocycles. The Morgan fingerprint density at radius 3 is 2.38 bits per heavy atom. The highest BCUT2D eigenvalue weighted by atomic mass is 32.2. The molecular weight excluding hydrogens is 410 g/mol. The van der Waals surface area contributed by atoms with E-state index in [0.717, 1.165) is 16.9 Å². The Bertz CT molecular complexity index is 1130. The molecule has 3 rings (SSSR count). The summed E-state index contributed by atoms with van der Waals surface area (Å²) in [6, 6.07) is 15.2. The van der Waals surface area contributed by atoms with Gasteiger partial charge in [0.05, 0.1) is 5.69 Å². The largest absolute Gasteiger partial charge is 0.477 e. The van der Waals surface area contributed by atoms with Gasteiger partial charge in [-0.1, -0.05) is 45.0 Å². The summed E-state index contributed by atoms with van der Waals surface area (Å²) in [5.74, 6) is -0.526. The van der Waals surface area contributed by atoms with Crippen molar-refractivity contribution in [3.63, 3.8) is 0 Å². The van der Waals surface area contributed by atoms with Crippen LogP contribution in [0.2, 0.25) is 0 Å². The van der Waals surface area contributed by atoms with Crippen LogP contribution >= 0.6 is 11.3 Å². The van der Waals surface area contributed by atoms with Gasteiger partial charge in [0.25, 0.3) is 10.0 Å². The van der Waals surface area contributed by atoms with Gasteiger partial charge in [0.1, 0.15) is 21.3 Å². The molecule has 0 saturated heterocycles. The SMILES string of the molecule is CC(C)(C)c1ccc(S(=O)(=O)Nc2ccsc2C(=O)O)c(Oc2ccccc2)c1. The van der Waals surface area contributed by atoms with E-state index in [9.17, 15) is 18.3 Å². The van der Waals surface area contributed by atoms with Gasteiger partial charge in [0, 0.05) is 0 Å². The van der Waals surface area contributed by atoms with Crippen molar-refractivity contribution in [3.8, 4) is 11.5 Å². The van der Waals surface area contributed by atoms with Gasteiger partial charge in [-0.15, -0.1) is 11.3 Å². The number of hydrogen-bond donors (Lipinski definition) is 2. The van der Waals surface area contributed by atoms with E-state index >= 15 is 0 Å². The van der Waals surface area contributed by atoms with Gasteiger partial charge in [-0.3, -0.25) is 4.72 Å². The molecule has 0 amide bonds. The van der Waals surface area contributed by atoms with Crippen molar-refractivity contribution in [1.29, 1.82) is 0 Å². The number of sulfonamides is 1. The second kappa shape index (κ2) is 7.88. The standard InChI is InChI=1S/C21H21NO5S2/c1-21(2,3)14-9-10-18(17(13-14)27-15-7-5-4-6-8-15)29(25,26)22-16-11-12-28-19(16)20(23)24/h4-13,22H,1-3H3,(H,23,24). The van der Waals surface area contributed by atoms with E-state index in [2.05, 4.69) is 4.72 Å².